The van der Waals surface area contributed by atoms with Gasteiger partial charge in [0.1, 0.15) is 5.82 Å². The van der Waals surface area contributed by atoms with Gasteiger partial charge >= 0.3 is 0 Å². The minimum absolute atomic E-state index is 0.288. The zero-order valence-electron chi connectivity index (χ0n) is 11.0. The molecule has 0 fully saturated rings. The number of para-hydroxylation sites is 1. The maximum absolute atomic E-state index is 14.0. The summed E-state index contributed by atoms with van der Waals surface area (Å²) >= 11 is 0. The van der Waals surface area contributed by atoms with Gasteiger partial charge in [0, 0.05) is 23.0 Å². The molecule has 0 spiro atoms. The van der Waals surface area contributed by atoms with E-state index in [1.54, 1.807) is 30.1 Å². The molecule has 4 heteroatoms. The molecule has 0 saturated carbocycles. The van der Waals surface area contributed by atoms with Crippen molar-refractivity contribution in [1.29, 1.82) is 0 Å². The number of benzene rings is 2. The second-order valence-electron chi connectivity index (χ2n) is 4.70. The Morgan fingerprint density at radius 1 is 1.15 bits per heavy atom. The van der Waals surface area contributed by atoms with Crippen molar-refractivity contribution in [2.24, 2.45) is 0 Å². The van der Waals surface area contributed by atoms with E-state index < -0.39 is 0 Å². The molecule has 2 N–H and O–H groups in total. The van der Waals surface area contributed by atoms with Gasteiger partial charge in [-0.3, -0.25) is 0 Å². The van der Waals surface area contributed by atoms with Gasteiger partial charge in [-0.2, -0.15) is 5.10 Å². The fourth-order valence-corrected chi connectivity index (χ4v) is 2.09. The third kappa shape index (κ3) is 2.16. The number of anilines is 1. The van der Waals surface area contributed by atoms with Crippen LogP contribution in [0.5, 0.6) is 0 Å². The van der Waals surface area contributed by atoms with E-state index in [0.717, 1.165) is 11.3 Å². The number of nitrogens with zero attached hydrogens (tertiary/aromatic N) is 2. The lowest BCUT2D eigenvalue weighted by Crippen LogP contribution is -1.94. The summed E-state index contributed by atoms with van der Waals surface area (Å²) in [6.07, 6.45) is 3.43. The second-order valence-corrected chi connectivity index (χ2v) is 4.70. The third-order valence-corrected chi connectivity index (χ3v) is 3.27. The molecule has 0 bridgehead atoms. The fraction of sp³-hybridized carbons (Fsp3) is 0.0625. The van der Waals surface area contributed by atoms with Crippen molar-refractivity contribution in [2.45, 2.75) is 6.92 Å². The number of hydrogen-bond acceptors (Lipinski definition) is 2. The number of aromatic nitrogens is 2. The van der Waals surface area contributed by atoms with E-state index in [1.165, 1.54) is 6.07 Å². The minimum Gasteiger partial charge on any atom is -0.398 e. The lowest BCUT2D eigenvalue weighted by molar-refractivity contribution is 0.630. The van der Waals surface area contributed by atoms with E-state index in [-0.39, 0.29) is 5.82 Å². The molecule has 0 radical (unpaired) electrons. The number of nitrogens with two attached hydrogens (primary N) is 1. The van der Waals surface area contributed by atoms with E-state index in [1.807, 2.05) is 30.3 Å². The fourth-order valence-electron chi connectivity index (χ4n) is 2.09. The number of halogens is 1. The van der Waals surface area contributed by atoms with Crippen LogP contribution in [0.1, 0.15) is 5.56 Å². The van der Waals surface area contributed by atoms with Crippen LogP contribution in [0.25, 0.3) is 16.8 Å². The number of aryl methyl sites for hydroxylation is 1. The van der Waals surface area contributed by atoms with Gasteiger partial charge in [0.05, 0.1) is 11.9 Å². The lowest BCUT2D eigenvalue weighted by atomic mass is 10.1. The van der Waals surface area contributed by atoms with Gasteiger partial charge < -0.3 is 5.73 Å². The molecule has 3 rings (SSSR count). The van der Waals surface area contributed by atoms with E-state index in [0.29, 0.717) is 16.8 Å². The summed E-state index contributed by atoms with van der Waals surface area (Å²) < 4.78 is 15.7. The molecule has 100 valence electrons. The first-order valence-electron chi connectivity index (χ1n) is 6.31. The molecule has 0 aliphatic carbocycles. The van der Waals surface area contributed by atoms with Crippen LogP contribution >= 0.6 is 0 Å². The van der Waals surface area contributed by atoms with Crippen molar-refractivity contribution >= 4 is 5.69 Å². The van der Waals surface area contributed by atoms with Crippen molar-refractivity contribution in [1.82, 2.24) is 9.78 Å². The minimum atomic E-state index is -0.288. The highest BCUT2D eigenvalue weighted by molar-refractivity contribution is 5.69. The highest BCUT2D eigenvalue weighted by Crippen LogP contribution is 2.27. The van der Waals surface area contributed by atoms with E-state index >= 15 is 0 Å². The van der Waals surface area contributed by atoms with Gasteiger partial charge in [-0.25, -0.2) is 9.07 Å². The van der Waals surface area contributed by atoms with Gasteiger partial charge in [-0.05, 0) is 36.8 Å². The van der Waals surface area contributed by atoms with Crippen LogP contribution < -0.4 is 5.73 Å². The predicted octanol–water partition coefficient (Wildman–Crippen LogP) is 3.57. The van der Waals surface area contributed by atoms with E-state index in [4.69, 9.17) is 5.73 Å². The van der Waals surface area contributed by atoms with Gasteiger partial charge in [-0.1, -0.05) is 18.2 Å². The maximum Gasteiger partial charge on any atom is 0.131 e. The largest absolute Gasteiger partial charge is 0.398 e. The number of hydrogen-bond donors (Lipinski definition) is 1. The molecule has 1 aromatic heterocycles. The molecule has 0 amide bonds. The zero-order chi connectivity index (χ0) is 14.1. The van der Waals surface area contributed by atoms with E-state index in [2.05, 4.69) is 5.10 Å². The summed E-state index contributed by atoms with van der Waals surface area (Å²) in [4.78, 5) is 0. The first-order chi connectivity index (χ1) is 9.65. The summed E-state index contributed by atoms with van der Waals surface area (Å²) in [5.41, 5.74) is 9.27. The average Bonchev–Trinajstić information content (AvgIpc) is 2.93. The van der Waals surface area contributed by atoms with Crippen molar-refractivity contribution in [2.75, 3.05) is 5.73 Å². The summed E-state index contributed by atoms with van der Waals surface area (Å²) in [6.45, 7) is 1.79. The molecule has 1 heterocycles. The molecule has 2 aromatic carbocycles. The predicted molar refractivity (Wildman–Crippen MR) is 78.1 cm³/mol. The summed E-state index contributed by atoms with van der Waals surface area (Å²) in [5, 5.41) is 4.27. The standard InChI is InChI=1S/C16H14FN3/c1-11-7-15(17)14(8-16(11)18)12-9-19-20(10-12)13-5-3-2-4-6-13/h2-10H,18H2,1H3. The molecule has 0 unspecified atom stereocenters. The molecule has 0 aliphatic rings. The van der Waals surface area contributed by atoms with Crippen molar-refractivity contribution in [3.8, 4) is 16.8 Å². The summed E-state index contributed by atoms with van der Waals surface area (Å²) in [6, 6.07) is 12.8. The topological polar surface area (TPSA) is 43.8 Å². The molecule has 20 heavy (non-hydrogen) atoms. The van der Waals surface area contributed by atoms with Crippen LogP contribution in [0.3, 0.4) is 0 Å². The molecule has 0 saturated heterocycles. The molecule has 0 atom stereocenters. The Bertz CT molecular complexity index is 748. The summed E-state index contributed by atoms with van der Waals surface area (Å²) in [5.74, 6) is -0.288. The maximum atomic E-state index is 14.0. The Hall–Kier alpha value is -2.62. The SMILES string of the molecule is Cc1cc(F)c(-c2cnn(-c3ccccc3)c2)cc1N. The van der Waals surface area contributed by atoms with Crippen LogP contribution in [0.4, 0.5) is 10.1 Å². The van der Waals surface area contributed by atoms with Crippen LogP contribution in [0, 0.1) is 12.7 Å². The van der Waals surface area contributed by atoms with Crippen LogP contribution in [0.15, 0.2) is 54.9 Å². The third-order valence-electron chi connectivity index (χ3n) is 3.27. The van der Waals surface area contributed by atoms with Gasteiger partial charge in [0.2, 0.25) is 0 Å². The van der Waals surface area contributed by atoms with Gasteiger partial charge in [0.25, 0.3) is 0 Å². The highest BCUT2D eigenvalue weighted by Gasteiger charge is 2.10. The van der Waals surface area contributed by atoms with Crippen molar-refractivity contribution in [3.63, 3.8) is 0 Å². The van der Waals surface area contributed by atoms with Crippen molar-refractivity contribution < 1.29 is 4.39 Å². The summed E-state index contributed by atoms with van der Waals surface area (Å²) in [7, 11) is 0. The first-order valence-corrected chi connectivity index (χ1v) is 6.31. The smallest absolute Gasteiger partial charge is 0.131 e. The van der Waals surface area contributed by atoms with Crippen LogP contribution in [-0.2, 0) is 0 Å². The monoisotopic (exact) mass is 267 g/mol. The highest BCUT2D eigenvalue weighted by atomic mass is 19.1. The average molecular weight is 267 g/mol. The molecule has 0 aliphatic heterocycles. The van der Waals surface area contributed by atoms with E-state index in [9.17, 15) is 4.39 Å². The first kappa shape index (κ1) is 12.4. The number of rotatable bonds is 2. The number of nitrogen functional groups attached to an aromatic ring is 1. The Morgan fingerprint density at radius 3 is 2.65 bits per heavy atom. The van der Waals surface area contributed by atoms with Crippen molar-refractivity contribution in [3.05, 3.63) is 66.2 Å². The van der Waals surface area contributed by atoms with Crippen LogP contribution in [0.2, 0.25) is 0 Å². The van der Waals surface area contributed by atoms with Gasteiger partial charge in [0.15, 0.2) is 0 Å². The molecular formula is C16H14FN3. The normalized spacial score (nSPS) is 10.7. The van der Waals surface area contributed by atoms with Crippen LogP contribution in [-0.4, -0.2) is 9.78 Å². The molecular weight excluding hydrogens is 253 g/mol. The second kappa shape index (κ2) is 4.81. The Labute approximate surface area is 116 Å². The quantitative estimate of drug-likeness (QED) is 0.721. The zero-order valence-corrected chi connectivity index (χ0v) is 11.0. The Kier molecular flexibility index (Phi) is 2.99. The lowest BCUT2D eigenvalue weighted by Gasteiger charge is -2.05. The molecule has 3 nitrogen and oxygen atoms in total. The Balaban J connectivity index is 2.05. The van der Waals surface area contributed by atoms with Gasteiger partial charge in [-0.15, -0.1) is 0 Å². The Morgan fingerprint density at radius 2 is 1.90 bits per heavy atom. The molecule has 3 aromatic rings.